The number of ketones is 1. The lowest BCUT2D eigenvalue weighted by molar-refractivity contribution is -0.383. The number of fused-ring (bicyclic) bond motifs is 2. The Kier molecular flexibility index (Phi) is 2.31. The van der Waals surface area contributed by atoms with Crippen molar-refractivity contribution >= 4 is 28.1 Å². The smallest absolute Gasteiger partial charge is 0.278 e. The Morgan fingerprint density at radius 2 is 2.16 bits per heavy atom. The minimum Gasteiger partial charge on any atom is -0.506 e. The minimum absolute atomic E-state index is 0.0667. The number of hydrogen-bond acceptors (Lipinski definition) is 5. The van der Waals surface area contributed by atoms with Crippen molar-refractivity contribution in [2.24, 2.45) is 0 Å². The molecule has 0 spiro atoms. The van der Waals surface area contributed by atoms with Crippen LogP contribution in [0.25, 0.3) is 16.7 Å². The monoisotopic (exact) mass is 256 g/mol. The third kappa shape index (κ3) is 1.65. The maximum absolute atomic E-state index is 11.8. The van der Waals surface area contributed by atoms with E-state index in [2.05, 4.69) is 4.98 Å². The van der Waals surface area contributed by atoms with Crippen molar-refractivity contribution in [1.29, 1.82) is 0 Å². The Hall–Kier alpha value is -2.76. The van der Waals surface area contributed by atoms with Crippen LogP contribution >= 0.6 is 0 Å². The zero-order valence-corrected chi connectivity index (χ0v) is 9.66. The van der Waals surface area contributed by atoms with Crippen molar-refractivity contribution in [2.75, 3.05) is 0 Å². The topological polar surface area (TPSA) is 93.3 Å². The zero-order chi connectivity index (χ0) is 13.6. The number of aromatic nitrogens is 1. The number of aliphatic hydroxyl groups is 1. The van der Waals surface area contributed by atoms with Gasteiger partial charge in [0.1, 0.15) is 11.5 Å². The fourth-order valence-electron chi connectivity index (χ4n) is 2.14. The third-order valence-corrected chi connectivity index (χ3v) is 3.06. The summed E-state index contributed by atoms with van der Waals surface area (Å²) < 4.78 is 0. The predicted molar refractivity (Wildman–Crippen MR) is 68.0 cm³/mol. The van der Waals surface area contributed by atoms with Gasteiger partial charge in [-0.3, -0.25) is 14.9 Å². The lowest BCUT2D eigenvalue weighted by Gasteiger charge is -2.12. The second-order valence-electron chi connectivity index (χ2n) is 4.20. The number of nitrogens with zero attached hydrogens (tertiary/aromatic N) is 2. The van der Waals surface area contributed by atoms with E-state index in [1.165, 1.54) is 24.3 Å². The molecule has 0 bridgehead atoms. The number of nitro groups is 1. The second-order valence-corrected chi connectivity index (χ2v) is 4.20. The molecule has 1 aromatic carbocycles. The van der Waals surface area contributed by atoms with Gasteiger partial charge in [0.05, 0.1) is 15.8 Å². The van der Waals surface area contributed by atoms with E-state index in [1.807, 2.05) is 0 Å². The lowest BCUT2D eigenvalue weighted by Crippen LogP contribution is -2.10. The van der Waals surface area contributed by atoms with Crippen molar-refractivity contribution < 1.29 is 14.8 Å². The Morgan fingerprint density at radius 1 is 1.37 bits per heavy atom. The van der Waals surface area contributed by atoms with Crippen LogP contribution in [0.2, 0.25) is 0 Å². The van der Waals surface area contributed by atoms with Crippen molar-refractivity contribution in [2.45, 2.75) is 6.42 Å². The molecular weight excluding hydrogens is 248 g/mol. The highest BCUT2D eigenvalue weighted by molar-refractivity contribution is 6.06. The second kappa shape index (κ2) is 3.88. The highest BCUT2D eigenvalue weighted by atomic mass is 16.6. The summed E-state index contributed by atoms with van der Waals surface area (Å²) in [5, 5.41) is 21.0. The fourth-order valence-corrected chi connectivity index (χ4v) is 2.14. The number of hydrogen-bond donors (Lipinski definition) is 1. The number of carbonyl (C=O) groups is 1. The molecule has 2 aromatic rings. The average Bonchev–Trinajstić information content (AvgIpc) is 2.40. The number of nitro benzene ring substituents is 1. The van der Waals surface area contributed by atoms with Gasteiger partial charge in [0, 0.05) is 18.1 Å². The van der Waals surface area contributed by atoms with Crippen LogP contribution in [0, 0.1) is 10.1 Å². The number of non-ortho nitro benzene ring substituents is 1. The molecule has 0 saturated heterocycles. The van der Waals surface area contributed by atoms with Gasteiger partial charge in [-0.15, -0.1) is 0 Å². The summed E-state index contributed by atoms with van der Waals surface area (Å²) in [6.45, 7) is 0. The van der Waals surface area contributed by atoms with E-state index in [-0.39, 0.29) is 34.9 Å². The highest BCUT2D eigenvalue weighted by Crippen LogP contribution is 2.30. The van der Waals surface area contributed by atoms with E-state index < -0.39 is 4.92 Å². The highest BCUT2D eigenvalue weighted by Gasteiger charge is 2.23. The van der Waals surface area contributed by atoms with Crippen LogP contribution in [0.15, 0.2) is 30.3 Å². The number of pyridine rings is 1. The Bertz CT molecular complexity index is 765. The van der Waals surface area contributed by atoms with Gasteiger partial charge in [-0.1, -0.05) is 6.07 Å². The van der Waals surface area contributed by atoms with E-state index in [4.69, 9.17) is 0 Å². The molecule has 6 nitrogen and oxygen atoms in total. The van der Waals surface area contributed by atoms with Gasteiger partial charge >= 0.3 is 0 Å². The van der Waals surface area contributed by atoms with E-state index in [9.17, 15) is 20.0 Å². The summed E-state index contributed by atoms with van der Waals surface area (Å²) in [5.74, 6) is -0.275. The molecule has 0 amide bonds. The largest absolute Gasteiger partial charge is 0.506 e. The fraction of sp³-hybridized carbons (Fsp3) is 0.0769. The molecule has 1 heterocycles. The van der Waals surface area contributed by atoms with E-state index in [1.54, 1.807) is 6.07 Å². The summed E-state index contributed by atoms with van der Waals surface area (Å²) in [4.78, 5) is 26.4. The molecule has 0 unspecified atom stereocenters. The first-order valence-electron chi connectivity index (χ1n) is 5.59. The van der Waals surface area contributed by atoms with Crippen LogP contribution < -0.4 is 0 Å². The van der Waals surface area contributed by atoms with Gasteiger partial charge in [0.25, 0.3) is 5.69 Å². The molecular formula is C13H8N2O4. The number of benzene rings is 1. The number of rotatable bonds is 1. The number of aliphatic hydroxyl groups excluding tert-OH is 1. The van der Waals surface area contributed by atoms with Gasteiger partial charge < -0.3 is 5.11 Å². The maximum Gasteiger partial charge on any atom is 0.278 e. The van der Waals surface area contributed by atoms with E-state index in [0.717, 1.165) is 0 Å². The zero-order valence-electron chi connectivity index (χ0n) is 9.66. The molecule has 0 atom stereocenters. The predicted octanol–water partition coefficient (Wildman–Crippen LogP) is 2.63. The molecule has 1 N–H and O–H groups in total. The Balaban J connectivity index is 2.40. The van der Waals surface area contributed by atoms with Crippen LogP contribution in [0.5, 0.6) is 0 Å². The molecule has 19 heavy (non-hydrogen) atoms. The molecule has 0 saturated carbocycles. The van der Waals surface area contributed by atoms with E-state index >= 15 is 0 Å². The molecule has 1 aliphatic carbocycles. The van der Waals surface area contributed by atoms with Crippen LogP contribution in [-0.4, -0.2) is 20.8 Å². The first kappa shape index (κ1) is 11.3. The number of carbonyl (C=O) groups excluding carboxylic acids is 1. The first-order chi connectivity index (χ1) is 9.08. The quantitative estimate of drug-likeness (QED) is 0.625. The van der Waals surface area contributed by atoms with Crippen molar-refractivity contribution in [1.82, 2.24) is 4.98 Å². The number of Topliss-reactive ketones (excluding diaryl/α,β-unsaturated/α-hetero) is 1. The van der Waals surface area contributed by atoms with Crippen LogP contribution in [-0.2, 0) is 0 Å². The minimum atomic E-state index is -0.514. The van der Waals surface area contributed by atoms with Crippen LogP contribution in [0.1, 0.15) is 22.5 Å². The first-order valence-corrected chi connectivity index (χ1v) is 5.59. The summed E-state index contributed by atoms with van der Waals surface area (Å²) in [7, 11) is 0. The van der Waals surface area contributed by atoms with Gasteiger partial charge in [0.15, 0.2) is 5.78 Å². The molecule has 1 aliphatic rings. The normalized spacial score (nSPS) is 14.1. The van der Waals surface area contributed by atoms with Crippen molar-refractivity contribution in [3.63, 3.8) is 0 Å². The lowest BCUT2D eigenvalue weighted by atomic mass is 9.97. The molecule has 0 aliphatic heterocycles. The molecule has 1 aromatic heterocycles. The summed E-state index contributed by atoms with van der Waals surface area (Å²) >= 11 is 0. The van der Waals surface area contributed by atoms with Crippen molar-refractivity contribution in [3.05, 3.63) is 51.7 Å². The van der Waals surface area contributed by atoms with Gasteiger partial charge in [-0.25, -0.2) is 4.98 Å². The maximum atomic E-state index is 11.8. The van der Waals surface area contributed by atoms with Gasteiger partial charge in [0.2, 0.25) is 0 Å². The molecule has 3 rings (SSSR count). The standard InChI is InChI=1S/C13H8N2O4/c16-11-4-5-12(17)13-8(11)6-7-9(14-13)2-1-3-10(7)15(18)19/h1-3,5-6,17H,4H2. The van der Waals surface area contributed by atoms with Gasteiger partial charge in [-0.2, -0.15) is 0 Å². The molecule has 94 valence electrons. The van der Waals surface area contributed by atoms with Crippen LogP contribution in [0.3, 0.4) is 0 Å². The third-order valence-electron chi connectivity index (χ3n) is 3.06. The Labute approximate surface area is 107 Å². The number of allylic oxidation sites excluding steroid dienone is 1. The van der Waals surface area contributed by atoms with E-state index in [0.29, 0.717) is 10.9 Å². The van der Waals surface area contributed by atoms with Gasteiger partial charge in [-0.05, 0) is 18.2 Å². The Morgan fingerprint density at radius 3 is 2.89 bits per heavy atom. The summed E-state index contributed by atoms with van der Waals surface area (Å²) in [5.41, 5.74) is 0.684. The molecule has 6 heteroatoms. The molecule has 0 radical (unpaired) electrons. The average molecular weight is 256 g/mol. The van der Waals surface area contributed by atoms with Crippen molar-refractivity contribution in [3.8, 4) is 0 Å². The summed E-state index contributed by atoms with van der Waals surface area (Å²) in [6.07, 6.45) is 1.47. The SMILES string of the molecule is O=C1CC=C(O)c2nc3cccc([N+](=O)[O-])c3cc21. The van der Waals surface area contributed by atoms with Crippen LogP contribution in [0.4, 0.5) is 5.69 Å². The summed E-state index contributed by atoms with van der Waals surface area (Å²) in [6, 6.07) is 5.92. The molecule has 0 fully saturated rings.